The van der Waals surface area contributed by atoms with E-state index >= 15 is 0 Å². The van der Waals surface area contributed by atoms with Gasteiger partial charge in [-0.3, -0.25) is 4.79 Å². The van der Waals surface area contributed by atoms with Crippen LogP contribution in [0.1, 0.15) is 34.6 Å². The molecule has 0 bridgehead atoms. The number of rotatable bonds is 8. The Morgan fingerprint density at radius 2 is 1.50 bits per heavy atom. The van der Waals surface area contributed by atoms with E-state index < -0.39 is 8.32 Å². The van der Waals surface area contributed by atoms with E-state index in [2.05, 4.69) is 75.9 Å². The average molecular weight is 397 g/mol. The Morgan fingerprint density at radius 1 is 1.04 bits per heavy atom. The second kappa shape index (κ2) is 9.35. The molecule has 0 spiro atoms. The molecule has 28 heavy (non-hydrogen) atoms. The molecule has 0 heterocycles. The monoisotopic (exact) mass is 396 g/mol. The maximum atomic E-state index is 11.4. The molecule has 3 nitrogen and oxygen atoms in total. The summed E-state index contributed by atoms with van der Waals surface area (Å²) < 4.78 is 12.3. The lowest BCUT2D eigenvalue weighted by atomic mass is 10.1. The first-order valence-corrected chi connectivity index (χ1v) is 11.7. The van der Waals surface area contributed by atoms with Crippen LogP contribution in [0.25, 0.3) is 0 Å². The number of benzene rings is 2. The minimum absolute atomic E-state index is 0.00282. The van der Waals surface area contributed by atoms with Gasteiger partial charge in [0.05, 0.1) is 0 Å². The molecule has 0 radical (unpaired) electrons. The molecule has 2 aromatic carbocycles. The fourth-order valence-electron chi connectivity index (χ4n) is 3.70. The topological polar surface area (TPSA) is 35.5 Å². The molecule has 2 rings (SSSR count). The van der Waals surface area contributed by atoms with Gasteiger partial charge in [-0.15, -0.1) is 0 Å². The molecule has 0 amide bonds. The van der Waals surface area contributed by atoms with Crippen molar-refractivity contribution in [3.63, 3.8) is 0 Å². The van der Waals surface area contributed by atoms with Crippen LogP contribution in [0.3, 0.4) is 0 Å². The van der Waals surface area contributed by atoms with Gasteiger partial charge in [-0.2, -0.15) is 0 Å². The van der Waals surface area contributed by atoms with Crippen LogP contribution < -0.4 is 10.4 Å². The van der Waals surface area contributed by atoms with Crippen LogP contribution in [0.15, 0.2) is 73.3 Å². The number of hydrogen-bond acceptors (Lipinski definition) is 3. The molecule has 0 saturated heterocycles. The first-order valence-electron chi connectivity index (χ1n) is 9.77. The molecule has 0 aliphatic carbocycles. The fourth-order valence-corrected chi connectivity index (χ4v) is 8.37. The number of carbonyl (C=O) groups excluding carboxylic acids is 1. The molecule has 0 fully saturated rings. The number of hydrogen-bond donors (Lipinski definition) is 0. The summed E-state index contributed by atoms with van der Waals surface area (Å²) in [5.74, 6) is -0.301. The van der Waals surface area contributed by atoms with Gasteiger partial charge in [0.25, 0.3) is 8.32 Å². The molecule has 150 valence electrons. The van der Waals surface area contributed by atoms with E-state index in [1.807, 2.05) is 19.1 Å². The van der Waals surface area contributed by atoms with Crippen molar-refractivity contribution in [1.29, 1.82) is 0 Å². The van der Waals surface area contributed by atoms with Gasteiger partial charge in [0.2, 0.25) is 0 Å². The normalized spacial score (nSPS) is 14.2. The first kappa shape index (κ1) is 22.1. The van der Waals surface area contributed by atoms with Crippen LogP contribution in [-0.2, 0) is 14.0 Å². The highest BCUT2D eigenvalue weighted by atomic mass is 28.4. The zero-order chi connectivity index (χ0) is 20.8. The van der Waals surface area contributed by atoms with Gasteiger partial charge < -0.3 is 9.16 Å². The quantitative estimate of drug-likeness (QED) is 0.379. The van der Waals surface area contributed by atoms with Gasteiger partial charge in [0.1, 0.15) is 6.10 Å². The van der Waals surface area contributed by atoms with Crippen molar-refractivity contribution in [3.05, 3.63) is 73.3 Å². The van der Waals surface area contributed by atoms with Crippen molar-refractivity contribution in [2.45, 2.75) is 45.8 Å². The summed E-state index contributed by atoms with van der Waals surface area (Å²) in [4.78, 5) is 11.4. The molecule has 0 aromatic heterocycles. The minimum atomic E-state index is -2.59. The van der Waals surface area contributed by atoms with Gasteiger partial charge in [0, 0.05) is 19.4 Å². The molecule has 4 heteroatoms. The average Bonchev–Trinajstić information content (AvgIpc) is 2.67. The Labute approximate surface area is 170 Å². The van der Waals surface area contributed by atoms with Gasteiger partial charge in [-0.25, -0.2) is 0 Å². The highest BCUT2D eigenvalue weighted by molar-refractivity contribution is 6.99. The molecule has 0 aliphatic rings. The van der Waals surface area contributed by atoms with E-state index in [-0.39, 0.29) is 23.0 Å². The smallest absolute Gasteiger partial charge is 0.303 e. The van der Waals surface area contributed by atoms with Crippen LogP contribution >= 0.6 is 0 Å². The van der Waals surface area contributed by atoms with Gasteiger partial charge >= 0.3 is 5.97 Å². The summed E-state index contributed by atoms with van der Waals surface area (Å²) in [6.45, 7) is 14.5. The molecule has 0 saturated carbocycles. The summed E-state index contributed by atoms with van der Waals surface area (Å²) in [6.07, 6.45) is 1.32. The Hall–Kier alpha value is -2.17. The minimum Gasteiger partial charge on any atom is -0.458 e. The van der Waals surface area contributed by atoms with E-state index in [1.54, 1.807) is 6.08 Å². The zero-order valence-corrected chi connectivity index (χ0v) is 18.6. The van der Waals surface area contributed by atoms with Crippen molar-refractivity contribution >= 4 is 24.7 Å². The van der Waals surface area contributed by atoms with Crippen molar-refractivity contribution < 1.29 is 14.0 Å². The summed E-state index contributed by atoms with van der Waals surface area (Å²) in [5.41, 5.74) is 0. The van der Waals surface area contributed by atoms with Crippen LogP contribution in [-0.4, -0.2) is 27.0 Å². The highest BCUT2D eigenvalue weighted by Crippen LogP contribution is 2.37. The predicted octanol–water partition coefficient (Wildman–Crippen LogP) is 4.32. The van der Waals surface area contributed by atoms with Gasteiger partial charge in [-0.1, -0.05) is 101 Å². The van der Waals surface area contributed by atoms with Crippen LogP contribution in [0, 0.1) is 5.92 Å². The van der Waals surface area contributed by atoms with Crippen molar-refractivity contribution in [1.82, 2.24) is 0 Å². The first-order chi connectivity index (χ1) is 13.2. The molecule has 0 unspecified atom stereocenters. The predicted molar refractivity (Wildman–Crippen MR) is 118 cm³/mol. The summed E-state index contributed by atoms with van der Waals surface area (Å²) in [5, 5.41) is 2.40. The lowest BCUT2D eigenvalue weighted by Crippen LogP contribution is -2.67. The largest absolute Gasteiger partial charge is 0.458 e. The molecule has 2 atom stereocenters. The second-order valence-corrected chi connectivity index (χ2v) is 12.6. The van der Waals surface area contributed by atoms with Crippen LogP contribution in [0.2, 0.25) is 5.04 Å². The third kappa shape index (κ3) is 4.81. The van der Waals surface area contributed by atoms with Gasteiger partial charge in [-0.05, 0) is 15.4 Å². The molecule has 0 aliphatic heterocycles. The van der Waals surface area contributed by atoms with Crippen molar-refractivity contribution in [3.8, 4) is 0 Å². The summed E-state index contributed by atoms with van der Waals surface area (Å²) >= 11 is 0. The van der Waals surface area contributed by atoms with E-state index in [0.29, 0.717) is 6.61 Å². The standard InChI is InChI=1S/C24H32O3Si/c1-7-23(27-20(3)25)19(2)18-26-28(24(4,5)6,21-14-10-8-11-15-21)22-16-12-9-13-17-22/h7-17,19,23H,1,18H2,2-6H3/t19-,23+/m1/s1. The lowest BCUT2D eigenvalue weighted by molar-refractivity contribution is -0.146. The van der Waals surface area contributed by atoms with E-state index in [4.69, 9.17) is 9.16 Å². The summed E-state index contributed by atoms with van der Waals surface area (Å²) in [7, 11) is -2.59. The van der Waals surface area contributed by atoms with E-state index in [0.717, 1.165) is 0 Å². The maximum absolute atomic E-state index is 11.4. The number of carbonyl (C=O) groups is 1. The Balaban J connectivity index is 2.47. The lowest BCUT2D eigenvalue weighted by Gasteiger charge is -2.43. The zero-order valence-electron chi connectivity index (χ0n) is 17.6. The summed E-state index contributed by atoms with van der Waals surface area (Å²) in [6, 6.07) is 21.1. The molecule has 2 aromatic rings. The third-order valence-electron chi connectivity index (χ3n) is 5.07. The maximum Gasteiger partial charge on any atom is 0.303 e. The molecule has 0 N–H and O–H groups in total. The SMILES string of the molecule is C=C[C@H](OC(C)=O)[C@H](C)CO[Si](c1ccccc1)(c1ccccc1)C(C)(C)C. The molecular weight excluding hydrogens is 364 g/mol. The fraction of sp³-hybridized carbons (Fsp3) is 0.375. The van der Waals surface area contributed by atoms with E-state index in [1.165, 1.54) is 17.3 Å². The third-order valence-corrected chi connectivity index (χ3v) is 10.1. The van der Waals surface area contributed by atoms with Gasteiger partial charge in [0.15, 0.2) is 0 Å². The number of ether oxygens (including phenoxy) is 1. The molecular formula is C24H32O3Si. The number of esters is 1. The second-order valence-electron chi connectivity index (χ2n) is 8.26. The van der Waals surface area contributed by atoms with Crippen molar-refractivity contribution in [2.24, 2.45) is 5.92 Å². The Kier molecular flexibility index (Phi) is 7.39. The Bertz CT molecular complexity index is 726. The van der Waals surface area contributed by atoms with Crippen molar-refractivity contribution in [2.75, 3.05) is 6.61 Å². The Morgan fingerprint density at radius 3 is 1.86 bits per heavy atom. The van der Waals surface area contributed by atoms with Crippen LogP contribution in [0.5, 0.6) is 0 Å². The van der Waals surface area contributed by atoms with E-state index in [9.17, 15) is 4.79 Å². The van der Waals surface area contributed by atoms with Crippen LogP contribution in [0.4, 0.5) is 0 Å². The highest BCUT2D eigenvalue weighted by Gasteiger charge is 2.50.